The number of amides is 7. The van der Waals surface area contributed by atoms with Crippen molar-refractivity contribution < 1.29 is 43.3 Å². The number of aromatic amines is 1. The number of rotatable bonds is 5. The van der Waals surface area contributed by atoms with Gasteiger partial charge < -0.3 is 46.6 Å². The third kappa shape index (κ3) is 10.2. The number of carbonyl (C=O) groups excluding carboxylic acids is 6. The number of aliphatic hydroxyl groups excluding tert-OH is 1. The number of hydrogen-bond acceptors (Lipinski definition) is 9. The Morgan fingerprint density at radius 3 is 2.37 bits per heavy atom. The summed E-state index contributed by atoms with van der Waals surface area (Å²) in [5, 5.41) is 20.3. The molecule has 1 saturated heterocycles. The molecule has 10 N–H and O–H groups in total. The van der Waals surface area contributed by atoms with Gasteiger partial charge in [-0.2, -0.15) is 0 Å². The first-order valence-corrected chi connectivity index (χ1v) is 13.5. The van der Waals surface area contributed by atoms with Crippen molar-refractivity contribution in [2.75, 3.05) is 33.0 Å². The summed E-state index contributed by atoms with van der Waals surface area (Å²) < 4.78 is 10.7. The van der Waals surface area contributed by atoms with Gasteiger partial charge in [0.25, 0.3) is 11.8 Å². The second-order valence-corrected chi connectivity index (χ2v) is 9.68. The zero-order valence-corrected chi connectivity index (χ0v) is 23.4. The van der Waals surface area contributed by atoms with Crippen LogP contribution < -0.4 is 37.9 Å². The van der Waals surface area contributed by atoms with E-state index in [1.807, 2.05) is 24.3 Å². The number of nitrogens with two attached hydrogens (primary N) is 1. The van der Waals surface area contributed by atoms with E-state index >= 15 is 0 Å². The van der Waals surface area contributed by atoms with E-state index in [1.54, 1.807) is 6.20 Å². The number of hydrazine groups is 1. The Labute approximate surface area is 245 Å². The maximum atomic E-state index is 13.2. The highest BCUT2D eigenvalue weighted by Crippen LogP contribution is 2.19. The molecule has 234 valence electrons. The van der Waals surface area contributed by atoms with Crippen LogP contribution in [0.5, 0.6) is 0 Å². The number of nitrogens with one attached hydrogen (secondary N) is 7. The van der Waals surface area contributed by atoms with Gasteiger partial charge in [0.1, 0.15) is 24.7 Å². The second kappa shape index (κ2) is 16.0. The van der Waals surface area contributed by atoms with Crippen molar-refractivity contribution in [2.45, 2.75) is 44.0 Å². The van der Waals surface area contributed by atoms with E-state index in [2.05, 4.69) is 37.1 Å². The number of primary amides is 1. The van der Waals surface area contributed by atoms with E-state index in [4.69, 9.17) is 15.2 Å². The van der Waals surface area contributed by atoms with Crippen LogP contribution in [0.3, 0.4) is 0 Å². The molecule has 0 saturated carbocycles. The minimum absolute atomic E-state index is 0.0296. The number of hydrogen-bond donors (Lipinski definition) is 9. The van der Waals surface area contributed by atoms with Crippen LogP contribution >= 0.6 is 0 Å². The predicted octanol–water partition coefficient (Wildman–Crippen LogP) is -3.20. The zero-order valence-electron chi connectivity index (χ0n) is 23.4. The molecule has 1 aliphatic rings. The first kappa shape index (κ1) is 32.8. The Balaban J connectivity index is 1.79. The van der Waals surface area contributed by atoms with Crippen LogP contribution in [0.25, 0.3) is 10.9 Å². The normalized spacial score (nSPS) is 22.9. The summed E-state index contributed by atoms with van der Waals surface area (Å²) in [6.07, 6.45) is -0.260. The molecule has 1 aromatic carbocycles. The molecule has 1 aliphatic heterocycles. The average molecular weight is 605 g/mol. The van der Waals surface area contributed by atoms with E-state index < -0.39 is 72.8 Å². The van der Waals surface area contributed by atoms with Crippen molar-refractivity contribution in [3.05, 3.63) is 36.0 Å². The van der Waals surface area contributed by atoms with Crippen LogP contribution in [-0.4, -0.2) is 103 Å². The van der Waals surface area contributed by atoms with Gasteiger partial charge in [-0.25, -0.2) is 4.79 Å². The first-order chi connectivity index (χ1) is 20.5. The lowest BCUT2D eigenvalue weighted by Crippen LogP contribution is -2.60. The Morgan fingerprint density at radius 2 is 1.65 bits per heavy atom. The molecule has 0 bridgehead atoms. The second-order valence-electron chi connectivity index (χ2n) is 9.68. The van der Waals surface area contributed by atoms with Crippen molar-refractivity contribution >= 4 is 46.5 Å². The quantitative estimate of drug-likeness (QED) is 0.166. The highest BCUT2D eigenvalue weighted by Gasteiger charge is 2.30. The Kier molecular flexibility index (Phi) is 12.2. The largest absolute Gasteiger partial charge is 0.391 e. The lowest BCUT2D eigenvalue weighted by molar-refractivity contribution is -0.134. The summed E-state index contributed by atoms with van der Waals surface area (Å²) in [5.41, 5.74) is 11.1. The summed E-state index contributed by atoms with van der Waals surface area (Å²) in [4.78, 5) is 78.4. The number of urea groups is 1. The average Bonchev–Trinajstić information content (AvgIpc) is 3.36. The number of fused-ring (bicyclic) bond motifs is 1. The number of carbonyl (C=O) groups is 6. The molecule has 4 atom stereocenters. The third-order valence-electron chi connectivity index (χ3n) is 6.29. The molecule has 0 aliphatic carbocycles. The molecule has 3 rings (SSSR count). The van der Waals surface area contributed by atoms with E-state index in [0.29, 0.717) is 5.56 Å². The van der Waals surface area contributed by atoms with Crippen molar-refractivity contribution in [3.8, 4) is 0 Å². The lowest BCUT2D eigenvalue weighted by atomic mass is 10.0. The van der Waals surface area contributed by atoms with Crippen molar-refractivity contribution in [1.82, 2.24) is 37.1 Å². The SMILES string of the molecule is CC(O)[C@@H]1NC(=O)N[C@@H](CC(N)=O)C(=O)NNC(=O)[C@H](Cc2c[nH]c3ccccc23)NC(=O)COCCOCCNC1=O. The monoisotopic (exact) mass is 604 g/mol. The predicted molar refractivity (Wildman–Crippen MR) is 150 cm³/mol. The Morgan fingerprint density at radius 1 is 0.953 bits per heavy atom. The van der Waals surface area contributed by atoms with Gasteiger partial charge in [0.05, 0.1) is 32.3 Å². The summed E-state index contributed by atoms with van der Waals surface area (Å²) in [5.74, 6) is -4.14. The minimum atomic E-state index is -1.58. The van der Waals surface area contributed by atoms with Gasteiger partial charge in [-0.15, -0.1) is 0 Å². The van der Waals surface area contributed by atoms with Crippen molar-refractivity contribution in [3.63, 3.8) is 0 Å². The van der Waals surface area contributed by atoms with Gasteiger partial charge in [0, 0.05) is 30.1 Å². The smallest absolute Gasteiger partial charge is 0.316 e. The van der Waals surface area contributed by atoms with Gasteiger partial charge in [-0.3, -0.25) is 34.8 Å². The van der Waals surface area contributed by atoms with Gasteiger partial charge in [0.2, 0.25) is 17.7 Å². The van der Waals surface area contributed by atoms with Crippen LogP contribution in [0, 0.1) is 0 Å². The zero-order chi connectivity index (χ0) is 31.4. The topological polar surface area (TPSA) is 255 Å². The maximum Gasteiger partial charge on any atom is 0.316 e. The van der Waals surface area contributed by atoms with Crippen molar-refractivity contribution in [2.24, 2.45) is 5.73 Å². The fourth-order valence-electron chi connectivity index (χ4n) is 4.16. The van der Waals surface area contributed by atoms with E-state index in [9.17, 15) is 33.9 Å². The fraction of sp³-hybridized carbons (Fsp3) is 0.462. The van der Waals surface area contributed by atoms with Crippen molar-refractivity contribution in [1.29, 1.82) is 0 Å². The third-order valence-corrected chi connectivity index (χ3v) is 6.29. The lowest BCUT2D eigenvalue weighted by Gasteiger charge is -2.24. The molecule has 43 heavy (non-hydrogen) atoms. The van der Waals surface area contributed by atoms with E-state index in [1.165, 1.54) is 6.92 Å². The van der Waals surface area contributed by atoms with Crippen LogP contribution in [0.1, 0.15) is 18.9 Å². The van der Waals surface area contributed by atoms with Crippen LogP contribution in [-0.2, 0) is 39.9 Å². The molecule has 0 radical (unpaired) electrons. The minimum Gasteiger partial charge on any atom is -0.391 e. The summed E-state index contributed by atoms with van der Waals surface area (Å²) >= 11 is 0. The van der Waals surface area contributed by atoms with Crippen LogP contribution in [0.2, 0.25) is 0 Å². The number of H-pyrrole nitrogens is 1. The summed E-state index contributed by atoms with van der Waals surface area (Å²) in [7, 11) is 0. The molecule has 0 spiro atoms. The van der Waals surface area contributed by atoms with E-state index in [0.717, 1.165) is 10.9 Å². The highest BCUT2D eigenvalue weighted by atomic mass is 16.5. The maximum absolute atomic E-state index is 13.2. The highest BCUT2D eigenvalue weighted by molar-refractivity contribution is 5.95. The molecule has 17 heteroatoms. The van der Waals surface area contributed by atoms with Gasteiger partial charge in [-0.1, -0.05) is 18.2 Å². The number of aliphatic hydroxyl groups is 1. The molecule has 2 heterocycles. The number of benzene rings is 1. The van der Waals surface area contributed by atoms with Gasteiger partial charge >= 0.3 is 6.03 Å². The summed E-state index contributed by atoms with van der Waals surface area (Å²) in [6.45, 7) is 1.10. The van der Waals surface area contributed by atoms with E-state index in [-0.39, 0.29) is 32.8 Å². The van der Waals surface area contributed by atoms with Crippen LogP contribution in [0.4, 0.5) is 4.79 Å². The molecule has 1 unspecified atom stereocenters. The number of ether oxygens (including phenoxy) is 2. The standard InChI is InChI=1S/C26H36N8O9/c1-14(35)22-25(40)28-6-7-42-8-9-43-13-21(37)30-18(10-15-12-29-17-5-3-2-4-16(15)17)23(38)33-34-24(39)19(11-20(27)36)31-26(41)32-22/h2-5,12,14,18-19,22,29,35H,6-11,13H2,1H3,(H2,27,36)(H,28,40)(H,30,37)(H,33,38)(H,34,39)(H2,31,32,41)/t14?,18-,19-,22-/m0/s1. The molecular formula is C26H36N8O9. The molecular weight excluding hydrogens is 568 g/mol. The Bertz CT molecular complexity index is 1310. The molecule has 2 aromatic rings. The number of aromatic nitrogens is 1. The molecule has 7 amide bonds. The molecule has 1 fully saturated rings. The fourth-order valence-corrected chi connectivity index (χ4v) is 4.16. The first-order valence-electron chi connectivity index (χ1n) is 13.5. The number of para-hydroxylation sites is 1. The molecule has 17 nitrogen and oxygen atoms in total. The summed E-state index contributed by atoms with van der Waals surface area (Å²) in [6, 6.07) is 2.11. The van der Waals surface area contributed by atoms with Crippen LogP contribution in [0.15, 0.2) is 30.5 Å². The van der Waals surface area contributed by atoms with Gasteiger partial charge in [-0.05, 0) is 18.6 Å². The Hall–Kier alpha value is -4.74. The van der Waals surface area contributed by atoms with Gasteiger partial charge in [0.15, 0.2) is 0 Å². The molecule has 1 aromatic heterocycles.